The summed E-state index contributed by atoms with van der Waals surface area (Å²) in [4.78, 5) is 24.6. The van der Waals surface area contributed by atoms with Crippen LogP contribution in [0.1, 0.15) is 45.6 Å². The zero-order chi connectivity index (χ0) is 20.2. The lowest BCUT2D eigenvalue weighted by Crippen LogP contribution is -2.45. The van der Waals surface area contributed by atoms with Gasteiger partial charge in [0.2, 0.25) is 10.0 Å². The van der Waals surface area contributed by atoms with E-state index in [1.165, 1.54) is 19.1 Å². The van der Waals surface area contributed by atoms with Gasteiger partial charge in [0, 0.05) is 6.04 Å². The summed E-state index contributed by atoms with van der Waals surface area (Å²) in [7, 11) is -3.88. The van der Waals surface area contributed by atoms with Gasteiger partial charge >= 0.3 is 5.97 Å². The maximum absolute atomic E-state index is 12.6. The standard InChI is InChI=1S/C19H28N2O5S/c1-12(2)11-17(19(23)26-14(4)18(22)20-15-7-8-15)21-27(24,25)16-9-5-13(3)6-10-16/h5-6,9-10,12,14-15,17,21H,7-8,11H2,1-4H3,(H,20,22)/t14-,17+/m0/s1. The number of esters is 1. The molecule has 1 aliphatic rings. The van der Waals surface area contributed by atoms with E-state index in [1.807, 2.05) is 20.8 Å². The number of aryl methyl sites for hydroxylation is 1. The molecule has 1 saturated carbocycles. The van der Waals surface area contributed by atoms with Gasteiger partial charge in [0.05, 0.1) is 4.90 Å². The molecule has 2 rings (SSSR count). The van der Waals surface area contributed by atoms with E-state index in [9.17, 15) is 18.0 Å². The van der Waals surface area contributed by atoms with Crippen molar-refractivity contribution in [2.75, 3.05) is 0 Å². The van der Waals surface area contributed by atoms with E-state index >= 15 is 0 Å². The molecule has 0 bridgehead atoms. The monoisotopic (exact) mass is 396 g/mol. The van der Waals surface area contributed by atoms with Crippen LogP contribution in [-0.4, -0.2) is 38.5 Å². The van der Waals surface area contributed by atoms with Gasteiger partial charge in [0.1, 0.15) is 6.04 Å². The second-order valence-corrected chi connectivity index (χ2v) is 9.19. The Labute approximate surface area is 160 Å². The second kappa shape index (κ2) is 8.84. The zero-order valence-corrected chi connectivity index (χ0v) is 17.0. The third kappa shape index (κ3) is 6.62. The predicted octanol–water partition coefficient (Wildman–Crippen LogP) is 1.90. The fourth-order valence-electron chi connectivity index (χ4n) is 2.49. The van der Waals surface area contributed by atoms with E-state index in [-0.39, 0.29) is 29.2 Å². The van der Waals surface area contributed by atoms with E-state index in [1.54, 1.807) is 12.1 Å². The maximum atomic E-state index is 12.6. The first-order valence-electron chi connectivity index (χ1n) is 9.18. The fraction of sp³-hybridized carbons (Fsp3) is 0.579. The highest BCUT2D eigenvalue weighted by molar-refractivity contribution is 7.89. The first kappa shape index (κ1) is 21.4. The zero-order valence-electron chi connectivity index (χ0n) is 16.2. The summed E-state index contributed by atoms with van der Waals surface area (Å²) in [6, 6.07) is 5.45. The van der Waals surface area contributed by atoms with Gasteiger partial charge in [0.25, 0.3) is 5.91 Å². The molecule has 0 radical (unpaired) electrons. The summed E-state index contributed by atoms with van der Waals surface area (Å²) in [6.07, 6.45) is 1.15. The molecule has 2 N–H and O–H groups in total. The SMILES string of the molecule is Cc1ccc(S(=O)(=O)N[C@H](CC(C)C)C(=O)O[C@@H](C)C(=O)NC2CC2)cc1. The fourth-order valence-corrected chi connectivity index (χ4v) is 3.69. The molecule has 0 unspecified atom stereocenters. The molecule has 1 aliphatic carbocycles. The second-order valence-electron chi connectivity index (χ2n) is 7.48. The molecule has 1 fully saturated rings. The summed E-state index contributed by atoms with van der Waals surface area (Å²) in [6.45, 7) is 7.10. The number of ether oxygens (including phenoxy) is 1. The normalized spacial score (nSPS) is 16.6. The van der Waals surface area contributed by atoms with Gasteiger partial charge in [-0.25, -0.2) is 8.42 Å². The van der Waals surface area contributed by atoms with Crippen molar-refractivity contribution < 1.29 is 22.7 Å². The quantitative estimate of drug-likeness (QED) is 0.621. The number of hydrogen-bond acceptors (Lipinski definition) is 5. The van der Waals surface area contributed by atoms with Crippen LogP contribution in [0.5, 0.6) is 0 Å². The molecular weight excluding hydrogens is 368 g/mol. The molecule has 0 spiro atoms. The van der Waals surface area contributed by atoms with E-state index in [0.29, 0.717) is 0 Å². The minimum absolute atomic E-state index is 0.0545. The molecule has 0 heterocycles. The molecular formula is C19H28N2O5S. The van der Waals surface area contributed by atoms with Crippen LogP contribution in [0.25, 0.3) is 0 Å². The number of carbonyl (C=O) groups excluding carboxylic acids is 2. The van der Waals surface area contributed by atoms with Crippen molar-refractivity contribution in [3.05, 3.63) is 29.8 Å². The van der Waals surface area contributed by atoms with Crippen LogP contribution in [-0.2, 0) is 24.3 Å². The minimum Gasteiger partial charge on any atom is -0.451 e. The largest absolute Gasteiger partial charge is 0.451 e. The van der Waals surface area contributed by atoms with Gasteiger partial charge in [-0.15, -0.1) is 0 Å². The van der Waals surface area contributed by atoms with E-state index in [0.717, 1.165) is 18.4 Å². The van der Waals surface area contributed by atoms with E-state index < -0.39 is 28.1 Å². The van der Waals surface area contributed by atoms with Crippen molar-refractivity contribution in [1.82, 2.24) is 10.0 Å². The number of rotatable bonds is 9. The summed E-state index contributed by atoms with van der Waals surface area (Å²) in [5, 5.41) is 2.76. The lowest BCUT2D eigenvalue weighted by atomic mass is 10.0. The molecule has 1 aromatic rings. The lowest BCUT2D eigenvalue weighted by molar-refractivity contribution is -0.156. The Balaban J connectivity index is 2.07. The van der Waals surface area contributed by atoms with Crippen molar-refractivity contribution in [3.8, 4) is 0 Å². The Morgan fingerprint density at radius 1 is 1.15 bits per heavy atom. The number of nitrogens with one attached hydrogen (secondary N) is 2. The van der Waals surface area contributed by atoms with Crippen molar-refractivity contribution in [1.29, 1.82) is 0 Å². The average Bonchev–Trinajstić information content (AvgIpc) is 3.37. The molecule has 0 saturated heterocycles. The van der Waals surface area contributed by atoms with Gasteiger partial charge in [-0.2, -0.15) is 4.72 Å². The number of benzene rings is 1. The Morgan fingerprint density at radius 2 is 1.74 bits per heavy atom. The molecule has 2 atom stereocenters. The topological polar surface area (TPSA) is 102 Å². The molecule has 150 valence electrons. The van der Waals surface area contributed by atoms with Crippen LogP contribution in [0.15, 0.2) is 29.2 Å². The third-order valence-corrected chi connectivity index (χ3v) is 5.69. The summed E-state index contributed by atoms with van der Waals surface area (Å²) >= 11 is 0. The smallest absolute Gasteiger partial charge is 0.324 e. The van der Waals surface area contributed by atoms with Gasteiger partial charge < -0.3 is 10.1 Å². The molecule has 1 aromatic carbocycles. The van der Waals surface area contributed by atoms with E-state index in [4.69, 9.17) is 4.74 Å². The van der Waals surface area contributed by atoms with Crippen molar-refractivity contribution in [2.45, 2.75) is 70.0 Å². The van der Waals surface area contributed by atoms with Crippen LogP contribution in [0, 0.1) is 12.8 Å². The Kier molecular flexibility index (Phi) is 7.00. The first-order chi connectivity index (χ1) is 12.6. The van der Waals surface area contributed by atoms with Gasteiger partial charge in [-0.1, -0.05) is 31.5 Å². The highest BCUT2D eigenvalue weighted by atomic mass is 32.2. The Morgan fingerprint density at radius 3 is 2.26 bits per heavy atom. The summed E-state index contributed by atoms with van der Waals surface area (Å²) in [5.74, 6) is -1.06. The number of carbonyl (C=O) groups is 2. The number of amides is 1. The van der Waals surface area contributed by atoms with Crippen LogP contribution >= 0.6 is 0 Å². The number of sulfonamides is 1. The molecule has 0 aliphatic heterocycles. The summed E-state index contributed by atoms with van der Waals surface area (Å²) in [5.41, 5.74) is 0.933. The third-order valence-electron chi connectivity index (χ3n) is 4.21. The van der Waals surface area contributed by atoms with Crippen molar-refractivity contribution in [3.63, 3.8) is 0 Å². The molecule has 1 amide bonds. The Hall–Kier alpha value is -1.93. The molecule has 0 aromatic heterocycles. The molecule has 27 heavy (non-hydrogen) atoms. The first-order valence-corrected chi connectivity index (χ1v) is 10.7. The Bertz CT molecular complexity index is 770. The molecule has 8 heteroatoms. The van der Waals surface area contributed by atoms with Crippen molar-refractivity contribution >= 4 is 21.9 Å². The van der Waals surface area contributed by atoms with Crippen LogP contribution in [0.3, 0.4) is 0 Å². The average molecular weight is 397 g/mol. The number of hydrogen-bond donors (Lipinski definition) is 2. The maximum Gasteiger partial charge on any atom is 0.324 e. The highest BCUT2D eigenvalue weighted by Gasteiger charge is 2.32. The van der Waals surface area contributed by atoms with Gasteiger partial charge in [0.15, 0.2) is 6.10 Å². The highest BCUT2D eigenvalue weighted by Crippen LogP contribution is 2.19. The predicted molar refractivity (Wildman–Crippen MR) is 101 cm³/mol. The van der Waals surface area contributed by atoms with Crippen LogP contribution in [0.2, 0.25) is 0 Å². The van der Waals surface area contributed by atoms with Gasteiger partial charge in [-0.05, 0) is 51.2 Å². The van der Waals surface area contributed by atoms with E-state index in [2.05, 4.69) is 10.0 Å². The van der Waals surface area contributed by atoms with Crippen molar-refractivity contribution in [2.24, 2.45) is 5.92 Å². The summed E-state index contributed by atoms with van der Waals surface area (Å²) < 4.78 is 32.9. The minimum atomic E-state index is -3.88. The van der Waals surface area contributed by atoms with Crippen LogP contribution in [0.4, 0.5) is 0 Å². The lowest BCUT2D eigenvalue weighted by Gasteiger charge is -2.21. The molecule has 7 nitrogen and oxygen atoms in total. The van der Waals surface area contributed by atoms with Crippen LogP contribution < -0.4 is 10.0 Å². The van der Waals surface area contributed by atoms with Gasteiger partial charge in [-0.3, -0.25) is 9.59 Å².